The normalized spacial score (nSPS) is 10.7. The molecule has 1 rings (SSSR count). The zero-order valence-electron chi connectivity index (χ0n) is 12.1. The van der Waals surface area contributed by atoms with Gasteiger partial charge < -0.3 is 14.6 Å². The fraction of sp³-hybridized carbons (Fsp3) is 0.438. The Morgan fingerprint density at radius 1 is 1.20 bits per heavy atom. The van der Waals surface area contributed by atoms with Crippen LogP contribution in [0.1, 0.15) is 38.7 Å². The average molecular weight is 278 g/mol. The molecule has 0 radical (unpaired) electrons. The first-order chi connectivity index (χ1) is 9.67. The molecule has 0 bridgehead atoms. The van der Waals surface area contributed by atoms with E-state index in [1.807, 2.05) is 19.1 Å². The number of hydrogen-bond acceptors (Lipinski definition) is 3. The summed E-state index contributed by atoms with van der Waals surface area (Å²) in [5.41, 5.74) is 0.775. The molecule has 0 unspecified atom stereocenters. The van der Waals surface area contributed by atoms with Gasteiger partial charge in [-0.3, -0.25) is 0 Å². The van der Waals surface area contributed by atoms with Crippen molar-refractivity contribution < 1.29 is 19.4 Å². The molecular weight excluding hydrogens is 256 g/mol. The number of carbonyl (C=O) groups is 1. The Morgan fingerprint density at radius 2 is 2.00 bits per heavy atom. The Morgan fingerprint density at radius 3 is 2.65 bits per heavy atom. The maximum absolute atomic E-state index is 10.5. The lowest BCUT2D eigenvalue weighted by Crippen LogP contribution is -2.01. The topological polar surface area (TPSA) is 55.8 Å². The summed E-state index contributed by atoms with van der Waals surface area (Å²) >= 11 is 0. The molecule has 0 spiro atoms. The van der Waals surface area contributed by atoms with Gasteiger partial charge in [-0.05, 0) is 37.1 Å². The molecule has 1 N–H and O–H groups in total. The van der Waals surface area contributed by atoms with Crippen LogP contribution in [0.5, 0.6) is 11.5 Å². The monoisotopic (exact) mass is 278 g/mol. The van der Waals surface area contributed by atoms with E-state index < -0.39 is 5.97 Å². The summed E-state index contributed by atoms with van der Waals surface area (Å²) in [6.07, 6.45) is 5.95. The van der Waals surface area contributed by atoms with Gasteiger partial charge in [-0.2, -0.15) is 0 Å². The number of hydrogen-bond donors (Lipinski definition) is 1. The van der Waals surface area contributed by atoms with E-state index in [4.69, 9.17) is 14.6 Å². The highest BCUT2D eigenvalue weighted by Crippen LogP contribution is 2.29. The SMILES string of the molecule is CCCCCOc1ccc(/C=C/C(=O)O)cc1OCC. The lowest BCUT2D eigenvalue weighted by atomic mass is 10.2. The number of aliphatic carboxylic acids is 1. The lowest BCUT2D eigenvalue weighted by Gasteiger charge is -2.12. The molecule has 110 valence electrons. The quantitative estimate of drug-likeness (QED) is 0.552. The Labute approximate surface area is 120 Å². The predicted molar refractivity (Wildman–Crippen MR) is 79.3 cm³/mol. The van der Waals surface area contributed by atoms with Crippen molar-refractivity contribution in [1.29, 1.82) is 0 Å². The molecule has 0 atom stereocenters. The summed E-state index contributed by atoms with van der Waals surface area (Å²) in [5.74, 6) is 0.384. The maximum atomic E-state index is 10.5. The maximum Gasteiger partial charge on any atom is 0.328 e. The molecule has 0 aliphatic heterocycles. The van der Waals surface area contributed by atoms with Gasteiger partial charge in [0, 0.05) is 6.08 Å². The highest BCUT2D eigenvalue weighted by atomic mass is 16.5. The number of carboxylic acids is 1. The summed E-state index contributed by atoms with van der Waals surface area (Å²) in [4.78, 5) is 10.5. The summed E-state index contributed by atoms with van der Waals surface area (Å²) in [7, 11) is 0. The van der Waals surface area contributed by atoms with Crippen LogP contribution < -0.4 is 9.47 Å². The second-order valence-corrected chi connectivity index (χ2v) is 4.37. The lowest BCUT2D eigenvalue weighted by molar-refractivity contribution is -0.131. The molecule has 20 heavy (non-hydrogen) atoms. The van der Waals surface area contributed by atoms with Crippen LogP contribution in [0.25, 0.3) is 6.08 Å². The molecule has 0 aromatic heterocycles. The van der Waals surface area contributed by atoms with E-state index >= 15 is 0 Å². The zero-order chi connectivity index (χ0) is 14.8. The largest absolute Gasteiger partial charge is 0.490 e. The van der Waals surface area contributed by atoms with Crippen molar-refractivity contribution in [1.82, 2.24) is 0 Å². The van der Waals surface area contributed by atoms with E-state index in [1.54, 1.807) is 6.07 Å². The third kappa shape index (κ3) is 5.78. The molecule has 4 heteroatoms. The van der Waals surface area contributed by atoms with E-state index in [0.717, 1.165) is 30.9 Å². The minimum Gasteiger partial charge on any atom is -0.490 e. The van der Waals surface area contributed by atoms with E-state index in [-0.39, 0.29) is 0 Å². The first-order valence-corrected chi connectivity index (χ1v) is 6.98. The van der Waals surface area contributed by atoms with E-state index in [1.165, 1.54) is 6.08 Å². The third-order valence-corrected chi connectivity index (χ3v) is 2.69. The molecular formula is C16H22O4. The van der Waals surface area contributed by atoms with Crippen LogP contribution in [0.2, 0.25) is 0 Å². The molecule has 1 aromatic carbocycles. The number of benzene rings is 1. The zero-order valence-corrected chi connectivity index (χ0v) is 12.1. The molecule has 0 heterocycles. The third-order valence-electron chi connectivity index (χ3n) is 2.69. The molecule has 0 saturated carbocycles. The van der Waals surface area contributed by atoms with Gasteiger partial charge >= 0.3 is 5.97 Å². The molecule has 0 amide bonds. The van der Waals surface area contributed by atoms with Crippen LogP contribution in [-0.4, -0.2) is 24.3 Å². The molecule has 4 nitrogen and oxygen atoms in total. The standard InChI is InChI=1S/C16H22O4/c1-3-5-6-11-20-14-9-7-13(8-10-16(17)18)12-15(14)19-4-2/h7-10,12H,3-6,11H2,1-2H3,(H,17,18)/b10-8+. The first-order valence-electron chi connectivity index (χ1n) is 6.98. The minimum atomic E-state index is -0.970. The Bertz CT molecular complexity index is 452. The van der Waals surface area contributed by atoms with E-state index in [0.29, 0.717) is 24.7 Å². The molecule has 1 aromatic rings. The van der Waals surface area contributed by atoms with Crippen LogP contribution in [0.15, 0.2) is 24.3 Å². The summed E-state index contributed by atoms with van der Waals surface area (Å²) in [5, 5.41) is 8.63. The number of carboxylic acid groups (broad SMARTS) is 1. The fourth-order valence-corrected chi connectivity index (χ4v) is 1.72. The summed E-state index contributed by atoms with van der Waals surface area (Å²) < 4.78 is 11.2. The second kappa shape index (κ2) is 9.02. The number of ether oxygens (including phenoxy) is 2. The van der Waals surface area contributed by atoms with Crippen LogP contribution in [0.3, 0.4) is 0 Å². The first kappa shape index (κ1) is 16.1. The molecule has 0 saturated heterocycles. The van der Waals surface area contributed by atoms with E-state index in [2.05, 4.69) is 6.92 Å². The Hall–Kier alpha value is -1.97. The van der Waals surface area contributed by atoms with Crippen molar-refractivity contribution in [3.8, 4) is 11.5 Å². The van der Waals surface area contributed by atoms with Gasteiger partial charge in [-0.1, -0.05) is 25.8 Å². The van der Waals surface area contributed by atoms with Crippen molar-refractivity contribution in [2.24, 2.45) is 0 Å². The summed E-state index contributed by atoms with van der Waals surface area (Å²) in [6.45, 7) is 5.26. The summed E-state index contributed by atoms with van der Waals surface area (Å²) in [6, 6.07) is 5.42. The van der Waals surface area contributed by atoms with Crippen molar-refractivity contribution >= 4 is 12.0 Å². The van der Waals surface area contributed by atoms with Gasteiger partial charge in [-0.15, -0.1) is 0 Å². The highest BCUT2D eigenvalue weighted by Gasteiger charge is 2.05. The van der Waals surface area contributed by atoms with Gasteiger partial charge in [-0.25, -0.2) is 4.79 Å². The van der Waals surface area contributed by atoms with Crippen molar-refractivity contribution in [2.45, 2.75) is 33.1 Å². The highest BCUT2D eigenvalue weighted by molar-refractivity contribution is 5.85. The Kier molecular flexibility index (Phi) is 7.25. The minimum absolute atomic E-state index is 0.539. The van der Waals surface area contributed by atoms with Crippen LogP contribution >= 0.6 is 0 Å². The van der Waals surface area contributed by atoms with Crippen molar-refractivity contribution in [2.75, 3.05) is 13.2 Å². The molecule has 0 aliphatic carbocycles. The smallest absolute Gasteiger partial charge is 0.328 e. The van der Waals surface area contributed by atoms with Crippen LogP contribution in [0, 0.1) is 0 Å². The fourth-order valence-electron chi connectivity index (χ4n) is 1.72. The second-order valence-electron chi connectivity index (χ2n) is 4.37. The van der Waals surface area contributed by atoms with Gasteiger partial charge in [0.05, 0.1) is 13.2 Å². The van der Waals surface area contributed by atoms with E-state index in [9.17, 15) is 4.79 Å². The van der Waals surface area contributed by atoms with Crippen LogP contribution in [0.4, 0.5) is 0 Å². The molecule has 0 fully saturated rings. The van der Waals surface area contributed by atoms with Crippen LogP contribution in [-0.2, 0) is 4.79 Å². The number of unbranched alkanes of at least 4 members (excludes halogenated alkanes) is 2. The average Bonchev–Trinajstić information content (AvgIpc) is 2.43. The van der Waals surface area contributed by atoms with Gasteiger partial charge in [0.1, 0.15) is 0 Å². The predicted octanol–water partition coefficient (Wildman–Crippen LogP) is 3.75. The van der Waals surface area contributed by atoms with Crippen molar-refractivity contribution in [3.05, 3.63) is 29.8 Å². The van der Waals surface area contributed by atoms with Gasteiger partial charge in [0.15, 0.2) is 11.5 Å². The van der Waals surface area contributed by atoms with Crippen molar-refractivity contribution in [3.63, 3.8) is 0 Å². The van der Waals surface area contributed by atoms with Gasteiger partial charge in [0.25, 0.3) is 0 Å². The molecule has 0 aliphatic rings. The Balaban J connectivity index is 2.76. The number of rotatable bonds is 9. The van der Waals surface area contributed by atoms with Gasteiger partial charge in [0.2, 0.25) is 0 Å².